The Hall–Kier alpha value is -2.19. The lowest BCUT2D eigenvalue weighted by molar-refractivity contribution is -0.385. The third kappa shape index (κ3) is 5.21. The molecule has 0 heterocycles. The van der Waals surface area contributed by atoms with Crippen molar-refractivity contribution in [2.75, 3.05) is 18.4 Å². The van der Waals surface area contributed by atoms with E-state index in [1.165, 1.54) is 12.1 Å². The SMILES string of the molecule is Cc1ccc(NC(=O)CNC(=O)CN)cc1[N+](=O)[O-].Cl. The Labute approximate surface area is 121 Å². The number of rotatable bonds is 5. The van der Waals surface area contributed by atoms with E-state index in [9.17, 15) is 19.7 Å². The predicted octanol–water partition coefficient (Wildman–Crippen LogP) is 0.338. The third-order valence-electron chi connectivity index (χ3n) is 2.32. The molecule has 0 aliphatic carbocycles. The largest absolute Gasteiger partial charge is 0.346 e. The molecule has 0 saturated heterocycles. The molecule has 0 aromatic heterocycles. The molecule has 0 radical (unpaired) electrons. The monoisotopic (exact) mass is 302 g/mol. The summed E-state index contributed by atoms with van der Waals surface area (Å²) in [7, 11) is 0. The number of nitro groups is 1. The number of halogens is 1. The second-order valence-corrected chi connectivity index (χ2v) is 3.79. The first kappa shape index (κ1) is 17.8. The molecule has 20 heavy (non-hydrogen) atoms. The highest BCUT2D eigenvalue weighted by Gasteiger charge is 2.12. The Kier molecular flexibility index (Phi) is 7.19. The van der Waals surface area contributed by atoms with Gasteiger partial charge >= 0.3 is 0 Å². The van der Waals surface area contributed by atoms with Gasteiger partial charge in [0.05, 0.1) is 18.0 Å². The van der Waals surface area contributed by atoms with Crippen LogP contribution in [0.15, 0.2) is 18.2 Å². The van der Waals surface area contributed by atoms with Gasteiger partial charge in [0.1, 0.15) is 0 Å². The van der Waals surface area contributed by atoms with Crippen LogP contribution in [-0.2, 0) is 9.59 Å². The first-order valence-corrected chi connectivity index (χ1v) is 5.45. The number of amides is 2. The Balaban J connectivity index is 0.00000361. The molecule has 9 heteroatoms. The summed E-state index contributed by atoms with van der Waals surface area (Å²) in [6.45, 7) is 1.16. The molecule has 0 saturated carbocycles. The number of nitro benzene ring substituents is 1. The average Bonchev–Trinajstić information content (AvgIpc) is 2.37. The van der Waals surface area contributed by atoms with Gasteiger partial charge in [-0.25, -0.2) is 0 Å². The van der Waals surface area contributed by atoms with E-state index in [-0.39, 0.29) is 31.2 Å². The van der Waals surface area contributed by atoms with Crippen molar-refractivity contribution in [2.24, 2.45) is 5.73 Å². The highest BCUT2D eigenvalue weighted by atomic mass is 35.5. The molecule has 2 amide bonds. The molecule has 0 aliphatic heterocycles. The fourth-order valence-corrected chi connectivity index (χ4v) is 1.34. The van der Waals surface area contributed by atoms with Gasteiger partial charge < -0.3 is 16.4 Å². The van der Waals surface area contributed by atoms with Crippen molar-refractivity contribution in [3.05, 3.63) is 33.9 Å². The van der Waals surface area contributed by atoms with Crippen LogP contribution in [0.5, 0.6) is 0 Å². The molecule has 0 atom stereocenters. The summed E-state index contributed by atoms with van der Waals surface area (Å²) >= 11 is 0. The zero-order chi connectivity index (χ0) is 14.4. The molecule has 0 fully saturated rings. The van der Waals surface area contributed by atoms with Crippen LogP contribution in [0.25, 0.3) is 0 Å². The van der Waals surface area contributed by atoms with E-state index >= 15 is 0 Å². The fourth-order valence-electron chi connectivity index (χ4n) is 1.34. The van der Waals surface area contributed by atoms with Crippen LogP contribution in [0.2, 0.25) is 0 Å². The predicted molar refractivity (Wildman–Crippen MR) is 75.8 cm³/mol. The molecule has 1 aromatic carbocycles. The molecular weight excluding hydrogens is 288 g/mol. The molecule has 4 N–H and O–H groups in total. The van der Waals surface area contributed by atoms with E-state index in [4.69, 9.17) is 5.73 Å². The fraction of sp³-hybridized carbons (Fsp3) is 0.273. The highest BCUT2D eigenvalue weighted by molar-refractivity contribution is 5.95. The first-order chi connectivity index (χ1) is 8.93. The molecule has 1 rings (SSSR count). The van der Waals surface area contributed by atoms with E-state index in [1.54, 1.807) is 13.0 Å². The molecule has 8 nitrogen and oxygen atoms in total. The maximum absolute atomic E-state index is 11.5. The normalized spacial score (nSPS) is 9.30. The van der Waals surface area contributed by atoms with Crippen LogP contribution in [-0.4, -0.2) is 29.8 Å². The molecule has 0 unspecified atom stereocenters. The van der Waals surface area contributed by atoms with Crippen molar-refractivity contribution in [2.45, 2.75) is 6.92 Å². The van der Waals surface area contributed by atoms with E-state index < -0.39 is 16.7 Å². The Morgan fingerprint density at radius 2 is 2.00 bits per heavy atom. The van der Waals surface area contributed by atoms with Crippen molar-refractivity contribution in [3.63, 3.8) is 0 Å². The number of carbonyl (C=O) groups is 2. The summed E-state index contributed by atoms with van der Waals surface area (Å²) in [4.78, 5) is 32.5. The minimum absolute atomic E-state index is 0. The first-order valence-electron chi connectivity index (χ1n) is 5.45. The van der Waals surface area contributed by atoms with Crippen molar-refractivity contribution >= 4 is 35.6 Å². The van der Waals surface area contributed by atoms with Gasteiger partial charge in [-0.3, -0.25) is 19.7 Å². The maximum Gasteiger partial charge on any atom is 0.274 e. The van der Waals surface area contributed by atoms with Crippen molar-refractivity contribution in [1.29, 1.82) is 0 Å². The number of nitrogens with zero attached hydrogens (tertiary/aromatic N) is 1. The number of benzene rings is 1. The third-order valence-corrected chi connectivity index (χ3v) is 2.32. The van der Waals surface area contributed by atoms with Crippen molar-refractivity contribution < 1.29 is 14.5 Å². The second kappa shape index (κ2) is 8.08. The zero-order valence-corrected chi connectivity index (χ0v) is 11.5. The van der Waals surface area contributed by atoms with Gasteiger partial charge in [0.15, 0.2) is 0 Å². The van der Waals surface area contributed by atoms with Crippen LogP contribution in [0.4, 0.5) is 11.4 Å². The lowest BCUT2D eigenvalue weighted by Crippen LogP contribution is -2.36. The maximum atomic E-state index is 11.5. The number of hydrogen-bond donors (Lipinski definition) is 3. The minimum Gasteiger partial charge on any atom is -0.346 e. The molecule has 1 aromatic rings. The van der Waals surface area contributed by atoms with Crippen molar-refractivity contribution in [1.82, 2.24) is 5.32 Å². The van der Waals surface area contributed by atoms with E-state index in [0.717, 1.165) is 0 Å². The summed E-state index contributed by atoms with van der Waals surface area (Å²) in [5, 5.41) is 15.5. The number of carbonyl (C=O) groups excluding carboxylic acids is 2. The van der Waals surface area contributed by atoms with Gasteiger partial charge in [-0.1, -0.05) is 6.07 Å². The smallest absolute Gasteiger partial charge is 0.274 e. The van der Waals surface area contributed by atoms with E-state index in [1.807, 2.05) is 0 Å². The van der Waals surface area contributed by atoms with Crippen LogP contribution in [0.1, 0.15) is 5.56 Å². The van der Waals surface area contributed by atoms with E-state index in [2.05, 4.69) is 10.6 Å². The summed E-state index contributed by atoms with van der Waals surface area (Å²) < 4.78 is 0. The van der Waals surface area contributed by atoms with Crippen LogP contribution in [0.3, 0.4) is 0 Å². The van der Waals surface area contributed by atoms with Gasteiger partial charge in [-0.05, 0) is 13.0 Å². The number of nitrogens with two attached hydrogens (primary N) is 1. The number of nitrogens with one attached hydrogen (secondary N) is 2. The Morgan fingerprint density at radius 1 is 1.35 bits per heavy atom. The Bertz CT molecular complexity index is 521. The Morgan fingerprint density at radius 3 is 2.55 bits per heavy atom. The topological polar surface area (TPSA) is 127 Å². The zero-order valence-electron chi connectivity index (χ0n) is 10.7. The molecule has 0 spiro atoms. The minimum atomic E-state index is -0.527. The number of aryl methyl sites for hydroxylation is 1. The molecule has 110 valence electrons. The second-order valence-electron chi connectivity index (χ2n) is 3.79. The van der Waals surface area contributed by atoms with Gasteiger partial charge in [-0.2, -0.15) is 0 Å². The van der Waals surface area contributed by atoms with E-state index in [0.29, 0.717) is 11.3 Å². The van der Waals surface area contributed by atoms with Crippen molar-refractivity contribution in [3.8, 4) is 0 Å². The summed E-state index contributed by atoms with van der Waals surface area (Å²) in [5.41, 5.74) is 5.78. The lowest BCUT2D eigenvalue weighted by Gasteiger charge is -2.07. The van der Waals surface area contributed by atoms with Crippen LogP contribution in [0, 0.1) is 17.0 Å². The number of hydrogen-bond acceptors (Lipinski definition) is 5. The standard InChI is InChI=1S/C11H14N4O4.ClH/c1-7-2-3-8(4-9(7)15(18)19)14-11(17)6-13-10(16)5-12;/h2-4H,5-6,12H2,1H3,(H,13,16)(H,14,17);1H. The summed E-state index contributed by atoms with van der Waals surface area (Å²) in [6, 6.07) is 4.34. The van der Waals surface area contributed by atoms with Gasteiger partial charge in [0.2, 0.25) is 11.8 Å². The van der Waals surface area contributed by atoms with Gasteiger partial charge in [0.25, 0.3) is 5.69 Å². The molecule has 0 aliphatic rings. The lowest BCUT2D eigenvalue weighted by atomic mass is 10.2. The molecular formula is C11H15ClN4O4. The quantitative estimate of drug-likeness (QED) is 0.534. The number of anilines is 1. The van der Waals surface area contributed by atoms with Gasteiger partial charge in [-0.15, -0.1) is 12.4 Å². The average molecular weight is 303 g/mol. The van der Waals surface area contributed by atoms with Gasteiger partial charge in [0, 0.05) is 17.3 Å². The molecule has 0 bridgehead atoms. The van der Waals surface area contributed by atoms with Crippen LogP contribution >= 0.6 is 12.4 Å². The van der Waals surface area contributed by atoms with Crippen LogP contribution < -0.4 is 16.4 Å². The highest BCUT2D eigenvalue weighted by Crippen LogP contribution is 2.22. The summed E-state index contributed by atoms with van der Waals surface area (Å²) in [5.74, 6) is -0.940. The summed E-state index contributed by atoms with van der Waals surface area (Å²) in [6.07, 6.45) is 0.